The molecule has 0 aliphatic heterocycles. The zero-order chi connectivity index (χ0) is 17.3. The van der Waals surface area contributed by atoms with Crippen molar-refractivity contribution in [3.05, 3.63) is 52.9 Å². The van der Waals surface area contributed by atoms with Crippen molar-refractivity contribution in [1.29, 1.82) is 5.26 Å². The summed E-state index contributed by atoms with van der Waals surface area (Å²) in [6.45, 7) is 4.06. The van der Waals surface area contributed by atoms with Gasteiger partial charge in [-0.3, -0.25) is 0 Å². The Morgan fingerprint density at radius 1 is 1.21 bits per heavy atom. The molecule has 0 spiro atoms. The molecule has 0 unspecified atom stereocenters. The molecule has 3 aromatic rings. The second-order valence-electron chi connectivity index (χ2n) is 5.58. The number of aromatic carboxylic acids is 1. The van der Waals surface area contributed by atoms with Gasteiger partial charge in [-0.15, -0.1) is 23.1 Å². The second-order valence-corrected chi connectivity index (χ2v) is 8.44. The molecule has 3 nitrogen and oxygen atoms in total. The summed E-state index contributed by atoms with van der Waals surface area (Å²) < 4.78 is 0.771. The van der Waals surface area contributed by atoms with Gasteiger partial charge >= 0.3 is 5.97 Å². The van der Waals surface area contributed by atoms with Gasteiger partial charge in [-0.1, -0.05) is 56.3 Å². The first-order valence-corrected chi connectivity index (χ1v) is 9.17. The Kier molecular flexibility index (Phi) is 4.61. The summed E-state index contributed by atoms with van der Waals surface area (Å²) in [6, 6.07) is 15.8. The van der Waals surface area contributed by atoms with Crippen LogP contribution in [0.5, 0.6) is 0 Å². The third-order valence-corrected chi connectivity index (χ3v) is 5.98. The van der Waals surface area contributed by atoms with Crippen LogP contribution in [0, 0.1) is 11.3 Å². The summed E-state index contributed by atoms with van der Waals surface area (Å²) in [7, 11) is 0. The second kappa shape index (κ2) is 6.68. The molecule has 0 bridgehead atoms. The third-order valence-electron chi connectivity index (χ3n) is 3.58. The standard InChI is InChI=1S/C19H15NO2S2/c1-11(2)23-19-15(10-20)16(17(24-19)18(21)22)14-9-5-7-12-6-3-4-8-13(12)14/h3-9,11H,1-2H3,(H,21,22). The Hall–Kier alpha value is -2.29. The predicted molar refractivity (Wildman–Crippen MR) is 99.9 cm³/mol. The summed E-state index contributed by atoms with van der Waals surface area (Å²) in [4.78, 5) is 12.0. The van der Waals surface area contributed by atoms with Crippen molar-refractivity contribution in [1.82, 2.24) is 0 Å². The minimum Gasteiger partial charge on any atom is -0.477 e. The van der Waals surface area contributed by atoms with Gasteiger partial charge in [0.05, 0.1) is 9.77 Å². The molecular weight excluding hydrogens is 338 g/mol. The van der Waals surface area contributed by atoms with Crippen LogP contribution in [0.3, 0.4) is 0 Å². The maximum atomic E-state index is 11.8. The number of hydrogen-bond donors (Lipinski definition) is 1. The first-order chi connectivity index (χ1) is 11.5. The van der Waals surface area contributed by atoms with Gasteiger partial charge in [0.2, 0.25) is 0 Å². The Morgan fingerprint density at radius 3 is 2.58 bits per heavy atom. The zero-order valence-corrected chi connectivity index (χ0v) is 14.9. The number of thiophene rings is 1. The normalized spacial score (nSPS) is 10.9. The number of hydrogen-bond acceptors (Lipinski definition) is 4. The Balaban J connectivity index is 2.35. The highest BCUT2D eigenvalue weighted by Crippen LogP contribution is 2.44. The molecular formula is C19H15NO2S2. The van der Waals surface area contributed by atoms with Crippen molar-refractivity contribution in [3.8, 4) is 17.2 Å². The number of rotatable bonds is 4. The first-order valence-electron chi connectivity index (χ1n) is 7.48. The highest BCUT2D eigenvalue weighted by Gasteiger charge is 2.25. The van der Waals surface area contributed by atoms with Gasteiger partial charge in [-0.25, -0.2) is 4.79 Å². The van der Waals surface area contributed by atoms with Crippen LogP contribution in [-0.2, 0) is 0 Å². The van der Waals surface area contributed by atoms with Crippen LogP contribution in [0.15, 0.2) is 46.7 Å². The molecule has 0 aliphatic rings. The van der Waals surface area contributed by atoms with Crippen LogP contribution in [0.2, 0.25) is 0 Å². The topological polar surface area (TPSA) is 61.1 Å². The van der Waals surface area contributed by atoms with E-state index < -0.39 is 5.97 Å². The lowest BCUT2D eigenvalue weighted by atomic mass is 9.96. The Bertz CT molecular complexity index is 962. The molecule has 0 aliphatic carbocycles. The van der Waals surface area contributed by atoms with Crippen molar-refractivity contribution in [2.24, 2.45) is 0 Å². The van der Waals surface area contributed by atoms with Gasteiger partial charge in [0.25, 0.3) is 0 Å². The Morgan fingerprint density at radius 2 is 1.92 bits per heavy atom. The highest BCUT2D eigenvalue weighted by molar-refractivity contribution is 8.01. The number of nitriles is 1. The summed E-state index contributed by atoms with van der Waals surface area (Å²) in [5.74, 6) is -0.991. The Labute approximate surface area is 148 Å². The highest BCUT2D eigenvalue weighted by atomic mass is 32.2. The molecule has 24 heavy (non-hydrogen) atoms. The van der Waals surface area contributed by atoms with Crippen LogP contribution in [0.25, 0.3) is 21.9 Å². The number of carboxylic acids is 1. The molecule has 1 aromatic heterocycles. The fourth-order valence-corrected chi connectivity index (χ4v) is 5.21. The fraction of sp³-hybridized carbons (Fsp3) is 0.158. The lowest BCUT2D eigenvalue weighted by Gasteiger charge is -2.08. The van der Waals surface area contributed by atoms with E-state index in [-0.39, 0.29) is 10.1 Å². The summed E-state index contributed by atoms with van der Waals surface area (Å²) >= 11 is 2.73. The fourth-order valence-electron chi connectivity index (χ4n) is 2.66. The van der Waals surface area contributed by atoms with E-state index in [0.29, 0.717) is 11.1 Å². The molecule has 3 rings (SSSR count). The van der Waals surface area contributed by atoms with E-state index in [9.17, 15) is 15.2 Å². The minimum absolute atomic E-state index is 0.228. The van der Waals surface area contributed by atoms with Crippen LogP contribution >= 0.6 is 23.1 Å². The van der Waals surface area contributed by atoms with Crippen molar-refractivity contribution in [2.75, 3.05) is 0 Å². The van der Waals surface area contributed by atoms with Crippen molar-refractivity contribution in [2.45, 2.75) is 23.3 Å². The van der Waals surface area contributed by atoms with Gasteiger partial charge in [0.15, 0.2) is 0 Å². The van der Waals surface area contributed by atoms with E-state index >= 15 is 0 Å². The van der Waals surface area contributed by atoms with E-state index in [0.717, 1.165) is 20.5 Å². The number of thioether (sulfide) groups is 1. The smallest absolute Gasteiger partial charge is 0.346 e. The number of benzene rings is 2. The maximum absolute atomic E-state index is 11.8. The average molecular weight is 353 g/mol. The molecule has 0 radical (unpaired) electrons. The summed E-state index contributed by atoms with van der Waals surface area (Å²) in [5.41, 5.74) is 1.80. The predicted octanol–water partition coefficient (Wildman–Crippen LogP) is 5.64. The molecule has 0 fully saturated rings. The zero-order valence-electron chi connectivity index (χ0n) is 13.2. The van der Waals surface area contributed by atoms with Gasteiger partial charge in [0.1, 0.15) is 10.9 Å². The van der Waals surface area contributed by atoms with Gasteiger partial charge < -0.3 is 5.11 Å². The molecule has 0 amide bonds. The van der Waals surface area contributed by atoms with Crippen LogP contribution in [0.4, 0.5) is 0 Å². The summed E-state index contributed by atoms with van der Waals surface area (Å²) in [5, 5.41) is 21.6. The molecule has 2 aromatic carbocycles. The first kappa shape index (κ1) is 16.6. The van der Waals surface area contributed by atoms with Crippen molar-refractivity contribution < 1.29 is 9.90 Å². The van der Waals surface area contributed by atoms with E-state index in [1.54, 1.807) is 0 Å². The van der Waals surface area contributed by atoms with E-state index in [1.807, 2.05) is 56.3 Å². The molecule has 1 N–H and O–H groups in total. The van der Waals surface area contributed by atoms with Crippen LogP contribution in [-0.4, -0.2) is 16.3 Å². The van der Waals surface area contributed by atoms with Gasteiger partial charge in [-0.05, 0) is 16.3 Å². The van der Waals surface area contributed by atoms with Crippen LogP contribution in [0.1, 0.15) is 29.1 Å². The number of carboxylic acid groups (broad SMARTS) is 1. The molecule has 5 heteroatoms. The van der Waals surface area contributed by atoms with E-state index in [4.69, 9.17) is 0 Å². The molecule has 0 saturated carbocycles. The molecule has 0 saturated heterocycles. The van der Waals surface area contributed by atoms with E-state index in [2.05, 4.69) is 6.07 Å². The maximum Gasteiger partial charge on any atom is 0.346 e. The van der Waals surface area contributed by atoms with Crippen molar-refractivity contribution in [3.63, 3.8) is 0 Å². The van der Waals surface area contributed by atoms with Gasteiger partial charge in [-0.2, -0.15) is 5.26 Å². The quantitative estimate of drug-likeness (QED) is 0.617. The van der Waals surface area contributed by atoms with Crippen molar-refractivity contribution >= 4 is 39.8 Å². The minimum atomic E-state index is -0.991. The number of fused-ring (bicyclic) bond motifs is 1. The van der Waals surface area contributed by atoms with E-state index in [1.165, 1.54) is 23.1 Å². The number of carbonyl (C=O) groups is 1. The average Bonchev–Trinajstić information content (AvgIpc) is 2.92. The number of nitrogens with zero attached hydrogens (tertiary/aromatic N) is 1. The molecule has 1 heterocycles. The largest absolute Gasteiger partial charge is 0.477 e. The summed E-state index contributed by atoms with van der Waals surface area (Å²) in [6.07, 6.45) is 0. The van der Waals surface area contributed by atoms with Crippen LogP contribution < -0.4 is 0 Å². The molecule has 120 valence electrons. The lowest BCUT2D eigenvalue weighted by Crippen LogP contribution is -1.96. The third kappa shape index (κ3) is 2.91. The SMILES string of the molecule is CC(C)Sc1sc(C(=O)O)c(-c2cccc3ccccc23)c1C#N. The molecule has 0 atom stereocenters. The monoisotopic (exact) mass is 353 g/mol. The van der Waals surface area contributed by atoms with Gasteiger partial charge in [0, 0.05) is 10.8 Å². The lowest BCUT2D eigenvalue weighted by molar-refractivity contribution is 0.0703.